The van der Waals surface area contributed by atoms with Crippen molar-refractivity contribution in [2.75, 3.05) is 54.0 Å². The molecule has 1 atom stereocenters. The van der Waals surface area contributed by atoms with Crippen molar-refractivity contribution in [3.63, 3.8) is 0 Å². The fraction of sp³-hybridized carbons (Fsp3) is 0.867. The Balaban J connectivity index is 0.00000441. The van der Waals surface area contributed by atoms with Crippen molar-refractivity contribution in [2.24, 2.45) is 16.8 Å². The van der Waals surface area contributed by atoms with Gasteiger partial charge in [-0.3, -0.25) is 4.79 Å². The molecule has 6 nitrogen and oxygen atoms in total. The lowest BCUT2D eigenvalue weighted by molar-refractivity contribution is -0.127. The summed E-state index contributed by atoms with van der Waals surface area (Å²) in [5.74, 6) is 1.89. The number of hydrogen-bond acceptors (Lipinski definition) is 3. The summed E-state index contributed by atoms with van der Waals surface area (Å²) in [5.41, 5.74) is 0. The highest BCUT2D eigenvalue weighted by Gasteiger charge is 2.19. The molecular weight excluding hydrogens is 395 g/mol. The molecule has 0 spiro atoms. The van der Waals surface area contributed by atoms with Crippen LogP contribution in [-0.2, 0) is 9.53 Å². The third-order valence-corrected chi connectivity index (χ3v) is 3.45. The molecule has 1 rings (SSSR count). The Labute approximate surface area is 151 Å². The number of ether oxygens (including phenoxy) is 1. The number of likely N-dealkylation sites (N-methyl/N-ethyl adjacent to an activating group) is 1. The van der Waals surface area contributed by atoms with Crippen molar-refractivity contribution in [1.29, 1.82) is 0 Å². The summed E-state index contributed by atoms with van der Waals surface area (Å²) in [6.07, 6.45) is 1.10. The molecule has 1 N–H and O–H groups in total. The number of nitrogens with zero attached hydrogens (tertiary/aromatic N) is 3. The molecule has 1 saturated heterocycles. The standard InChI is InChI=1S/C15H30N4O2.HI/c1-12(2)8-16-15(17-9-14(20)18(3)4)19(5)10-13-6-7-21-11-13;/h12-13H,6-11H2,1-5H3,(H,16,17);1H. The van der Waals surface area contributed by atoms with Crippen LogP contribution in [0.4, 0.5) is 0 Å². The minimum atomic E-state index is 0. The maximum absolute atomic E-state index is 11.7. The zero-order valence-corrected chi connectivity index (χ0v) is 16.8. The number of rotatable bonds is 6. The van der Waals surface area contributed by atoms with E-state index in [4.69, 9.17) is 4.74 Å². The highest BCUT2D eigenvalue weighted by Crippen LogP contribution is 2.13. The first-order valence-corrected chi connectivity index (χ1v) is 7.67. The van der Waals surface area contributed by atoms with Crippen molar-refractivity contribution in [1.82, 2.24) is 15.1 Å². The summed E-state index contributed by atoms with van der Waals surface area (Å²) in [6.45, 7) is 7.91. The van der Waals surface area contributed by atoms with E-state index >= 15 is 0 Å². The van der Waals surface area contributed by atoms with Crippen LogP contribution in [0.2, 0.25) is 0 Å². The molecule has 1 aliphatic rings. The maximum atomic E-state index is 11.7. The summed E-state index contributed by atoms with van der Waals surface area (Å²) in [7, 11) is 5.52. The lowest BCUT2D eigenvalue weighted by Gasteiger charge is -2.25. The van der Waals surface area contributed by atoms with E-state index < -0.39 is 0 Å². The lowest BCUT2D eigenvalue weighted by atomic mass is 10.1. The Morgan fingerprint density at radius 2 is 2.05 bits per heavy atom. The van der Waals surface area contributed by atoms with Gasteiger partial charge in [0.2, 0.25) is 5.91 Å². The fourth-order valence-corrected chi connectivity index (χ4v) is 2.09. The smallest absolute Gasteiger partial charge is 0.243 e. The Kier molecular flexibility index (Phi) is 10.8. The van der Waals surface area contributed by atoms with Crippen LogP contribution >= 0.6 is 24.0 Å². The van der Waals surface area contributed by atoms with Crippen molar-refractivity contribution in [3.05, 3.63) is 0 Å². The number of carbonyl (C=O) groups excluding carboxylic acids is 1. The van der Waals surface area contributed by atoms with Gasteiger partial charge >= 0.3 is 0 Å². The SMILES string of the molecule is CC(C)CNC(=NCC(=O)N(C)C)N(C)CC1CCOC1.I. The molecule has 1 heterocycles. The second-order valence-electron chi connectivity index (χ2n) is 6.31. The summed E-state index contributed by atoms with van der Waals surface area (Å²) < 4.78 is 5.42. The molecule has 1 aliphatic heterocycles. The molecule has 1 amide bonds. The van der Waals surface area contributed by atoms with Crippen molar-refractivity contribution in [2.45, 2.75) is 20.3 Å². The number of hydrogen-bond donors (Lipinski definition) is 1. The third kappa shape index (κ3) is 8.17. The Bertz CT molecular complexity index is 355. The number of carbonyl (C=O) groups is 1. The van der Waals surface area contributed by atoms with Crippen LogP contribution in [0.15, 0.2) is 4.99 Å². The molecule has 0 aromatic heterocycles. The van der Waals surface area contributed by atoms with E-state index in [2.05, 4.69) is 29.1 Å². The van der Waals surface area contributed by atoms with Gasteiger partial charge in [0.25, 0.3) is 0 Å². The molecule has 0 bridgehead atoms. The average molecular weight is 426 g/mol. The molecule has 130 valence electrons. The van der Waals surface area contributed by atoms with Crippen molar-refractivity contribution in [3.8, 4) is 0 Å². The predicted molar refractivity (Wildman–Crippen MR) is 101 cm³/mol. The second kappa shape index (κ2) is 11.0. The van der Waals surface area contributed by atoms with Crippen LogP contribution < -0.4 is 5.32 Å². The Hall–Kier alpha value is -0.570. The van der Waals surface area contributed by atoms with E-state index in [-0.39, 0.29) is 36.4 Å². The van der Waals surface area contributed by atoms with Crippen LogP contribution in [-0.4, -0.2) is 75.7 Å². The van der Waals surface area contributed by atoms with Gasteiger partial charge in [0.05, 0.1) is 6.61 Å². The highest BCUT2D eigenvalue weighted by molar-refractivity contribution is 14.0. The Morgan fingerprint density at radius 3 is 2.55 bits per heavy atom. The largest absolute Gasteiger partial charge is 0.381 e. The minimum Gasteiger partial charge on any atom is -0.381 e. The number of guanidine groups is 1. The summed E-state index contributed by atoms with van der Waals surface area (Å²) in [4.78, 5) is 19.8. The summed E-state index contributed by atoms with van der Waals surface area (Å²) in [6, 6.07) is 0. The van der Waals surface area contributed by atoms with Gasteiger partial charge in [0, 0.05) is 46.8 Å². The molecule has 0 aromatic carbocycles. The molecule has 1 unspecified atom stereocenters. The van der Waals surface area contributed by atoms with E-state index in [0.717, 1.165) is 38.7 Å². The van der Waals surface area contributed by atoms with E-state index in [9.17, 15) is 4.79 Å². The highest BCUT2D eigenvalue weighted by atomic mass is 127. The van der Waals surface area contributed by atoms with Crippen LogP contribution in [0, 0.1) is 11.8 Å². The van der Waals surface area contributed by atoms with Gasteiger partial charge in [-0.1, -0.05) is 13.8 Å². The summed E-state index contributed by atoms with van der Waals surface area (Å²) in [5, 5.41) is 3.35. The van der Waals surface area contributed by atoms with Crippen LogP contribution in [0.3, 0.4) is 0 Å². The van der Waals surface area contributed by atoms with Gasteiger partial charge in [0.15, 0.2) is 5.96 Å². The van der Waals surface area contributed by atoms with Crippen molar-refractivity contribution < 1.29 is 9.53 Å². The molecule has 7 heteroatoms. The van der Waals surface area contributed by atoms with Gasteiger partial charge in [-0.2, -0.15) is 0 Å². The number of amides is 1. The molecule has 0 radical (unpaired) electrons. The molecule has 0 aliphatic carbocycles. The quantitative estimate of drug-likeness (QED) is 0.395. The van der Waals surface area contributed by atoms with Gasteiger partial charge in [0.1, 0.15) is 6.54 Å². The lowest BCUT2D eigenvalue weighted by Crippen LogP contribution is -2.43. The van der Waals surface area contributed by atoms with E-state index in [1.54, 1.807) is 19.0 Å². The topological polar surface area (TPSA) is 57.2 Å². The number of nitrogens with one attached hydrogen (secondary N) is 1. The van der Waals surface area contributed by atoms with Gasteiger partial charge in [-0.25, -0.2) is 4.99 Å². The normalized spacial score (nSPS) is 18.1. The Morgan fingerprint density at radius 1 is 1.36 bits per heavy atom. The molecule has 0 saturated carbocycles. The van der Waals surface area contributed by atoms with E-state index in [1.807, 2.05) is 7.05 Å². The van der Waals surface area contributed by atoms with E-state index in [1.165, 1.54) is 0 Å². The predicted octanol–water partition coefficient (Wildman–Crippen LogP) is 1.26. The maximum Gasteiger partial charge on any atom is 0.243 e. The minimum absolute atomic E-state index is 0. The molecule has 22 heavy (non-hydrogen) atoms. The summed E-state index contributed by atoms with van der Waals surface area (Å²) >= 11 is 0. The first kappa shape index (κ1) is 21.4. The second-order valence-corrected chi connectivity index (χ2v) is 6.31. The third-order valence-electron chi connectivity index (χ3n) is 3.45. The number of aliphatic imine (C=N–C) groups is 1. The fourth-order valence-electron chi connectivity index (χ4n) is 2.09. The van der Waals surface area contributed by atoms with E-state index in [0.29, 0.717) is 11.8 Å². The molecule has 1 fully saturated rings. The van der Waals surface area contributed by atoms with Crippen LogP contribution in [0.5, 0.6) is 0 Å². The van der Waals surface area contributed by atoms with Gasteiger partial charge in [-0.05, 0) is 12.3 Å². The zero-order chi connectivity index (χ0) is 15.8. The molecular formula is C15H31IN4O2. The number of halogens is 1. The average Bonchev–Trinajstić information content (AvgIpc) is 2.90. The van der Waals surface area contributed by atoms with Crippen molar-refractivity contribution >= 4 is 35.8 Å². The zero-order valence-electron chi connectivity index (χ0n) is 14.5. The first-order chi connectivity index (χ1) is 9.90. The van der Waals surface area contributed by atoms with Crippen LogP contribution in [0.25, 0.3) is 0 Å². The van der Waals surface area contributed by atoms with Gasteiger partial charge in [-0.15, -0.1) is 24.0 Å². The monoisotopic (exact) mass is 426 g/mol. The first-order valence-electron chi connectivity index (χ1n) is 7.67. The van der Waals surface area contributed by atoms with Gasteiger partial charge < -0.3 is 19.9 Å². The molecule has 0 aromatic rings. The van der Waals surface area contributed by atoms with Crippen LogP contribution in [0.1, 0.15) is 20.3 Å².